The van der Waals surface area contributed by atoms with Gasteiger partial charge in [-0.25, -0.2) is 0 Å². The van der Waals surface area contributed by atoms with Crippen LogP contribution in [0.15, 0.2) is 18.2 Å². The van der Waals surface area contributed by atoms with Gasteiger partial charge in [0.25, 0.3) is 0 Å². The minimum absolute atomic E-state index is 0.506. The summed E-state index contributed by atoms with van der Waals surface area (Å²) in [6, 6.07) is 5.23. The molecule has 0 bridgehead atoms. The van der Waals surface area contributed by atoms with Gasteiger partial charge >= 0.3 is 7.12 Å². The van der Waals surface area contributed by atoms with E-state index in [0.29, 0.717) is 11.4 Å². The molecule has 0 aliphatic carbocycles. The third-order valence-electron chi connectivity index (χ3n) is 2.31. The van der Waals surface area contributed by atoms with E-state index in [-0.39, 0.29) is 0 Å². The van der Waals surface area contributed by atoms with Gasteiger partial charge in [0.15, 0.2) is 0 Å². The highest BCUT2D eigenvalue weighted by Crippen LogP contribution is 2.23. The van der Waals surface area contributed by atoms with E-state index in [1.165, 1.54) is 0 Å². The average Bonchev–Trinajstić information content (AvgIpc) is 2.28. The molecule has 0 spiro atoms. The zero-order chi connectivity index (χ0) is 12.8. The van der Waals surface area contributed by atoms with Crippen molar-refractivity contribution in [3.05, 3.63) is 23.8 Å². The molecule has 0 amide bonds. The molecule has 1 aromatic carbocycles. The fourth-order valence-corrected chi connectivity index (χ4v) is 2.51. The maximum atomic E-state index is 9.13. The molecule has 1 aromatic rings. The topological polar surface area (TPSA) is 49.7 Å². The lowest BCUT2D eigenvalue weighted by atomic mass is 9.79. The predicted octanol–water partition coefficient (Wildman–Crippen LogP) is 1.26. The van der Waals surface area contributed by atoms with Crippen LogP contribution in [0, 0.1) is 5.92 Å². The lowest BCUT2D eigenvalue weighted by molar-refractivity contribution is 0.410. The van der Waals surface area contributed by atoms with E-state index >= 15 is 0 Å². The van der Waals surface area contributed by atoms with Crippen LogP contribution in [0.1, 0.15) is 19.4 Å². The van der Waals surface area contributed by atoms with E-state index in [9.17, 15) is 0 Å². The van der Waals surface area contributed by atoms with Crippen molar-refractivity contribution in [3.8, 4) is 5.75 Å². The summed E-state index contributed by atoms with van der Waals surface area (Å²) in [4.78, 5) is 0. The molecule has 3 nitrogen and oxygen atoms in total. The molecule has 94 valence electrons. The summed E-state index contributed by atoms with van der Waals surface area (Å²) in [5.41, 5.74) is 1.51. The number of methoxy groups -OCH3 is 1. The summed E-state index contributed by atoms with van der Waals surface area (Å²) in [6.45, 7) is 4.36. The van der Waals surface area contributed by atoms with Crippen molar-refractivity contribution in [2.75, 3.05) is 12.9 Å². The molecule has 0 aliphatic heterocycles. The van der Waals surface area contributed by atoms with Gasteiger partial charge in [0.1, 0.15) is 5.75 Å². The van der Waals surface area contributed by atoms with Gasteiger partial charge in [0, 0.05) is 11.3 Å². The zero-order valence-electron chi connectivity index (χ0n) is 10.5. The minimum atomic E-state index is -1.42. The molecule has 0 unspecified atom stereocenters. The minimum Gasteiger partial charge on any atom is -0.496 e. The first-order valence-electron chi connectivity index (χ1n) is 5.65. The van der Waals surface area contributed by atoms with Gasteiger partial charge in [-0.15, -0.1) is 0 Å². The molecule has 0 aliphatic rings. The Hall–Kier alpha value is -0.645. The second-order valence-corrected chi connectivity index (χ2v) is 5.38. The van der Waals surface area contributed by atoms with Crippen LogP contribution in [0.4, 0.5) is 0 Å². The van der Waals surface area contributed by atoms with E-state index in [1.54, 1.807) is 25.3 Å². The lowest BCUT2D eigenvalue weighted by Gasteiger charge is -2.11. The molecule has 0 atom stereocenters. The Bertz CT molecular complexity index is 356. The molecule has 1 rings (SSSR count). The van der Waals surface area contributed by atoms with E-state index in [2.05, 4.69) is 13.8 Å². The van der Waals surface area contributed by atoms with Crippen LogP contribution < -0.4 is 10.2 Å². The van der Waals surface area contributed by atoms with E-state index < -0.39 is 7.12 Å². The summed E-state index contributed by atoms with van der Waals surface area (Å²) in [5, 5.41) is 18.3. The maximum absolute atomic E-state index is 9.13. The molecular weight excluding hydrogens is 235 g/mol. The fraction of sp³-hybridized carbons (Fsp3) is 0.500. The van der Waals surface area contributed by atoms with Crippen LogP contribution in [-0.2, 0) is 5.75 Å². The zero-order valence-corrected chi connectivity index (χ0v) is 11.3. The first kappa shape index (κ1) is 14.4. The second-order valence-electron chi connectivity index (χ2n) is 4.35. The molecular formula is C12H19BO3S. The van der Waals surface area contributed by atoms with Crippen molar-refractivity contribution in [1.82, 2.24) is 0 Å². The Balaban J connectivity index is 2.75. The third kappa shape index (κ3) is 4.62. The van der Waals surface area contributed by atoms with Crippen LogP contribution >= 0.6 is 11.8 Å². The van der Waals surface area contributed by atoms with E-state index in [1.807, 2.05) is 11.8 Å². The Morgan fingerprint density at radius 2 is 2.06 bits per heavy atom. The van der Waals surface area contributed by atoms with Gasteiger partial charge < -0.3 is 14.8 Å². The number of hydrogen-bond donors (Lipinski definition) is 2. The number of rotatable bonds is 6. The van der Waals surface area contributed by atoms with Gasteiger partial charge in [-0.1, -0.05) is 26.0 Å². The third-order valence-corrected chi connectivity index (χ3v) is 3.73. The number of thioether (sulfide) groups is 1. The van der Waals surface area contributed by atoms with Gasteiger partial charge in [0.2, 0.25) is 0 Å². The Morgan fingerprint density at radius 3 is 2.59 bits per heavy atom. The smallest absolute Gasteiger partial charge is 0.488 e. The summed E-state index contributed by atoms with van der Waals surface area (Å²) in [5.74, 6) is 3.35. The summed E-state index contributed by atoms with van der Waals surface area (Å²) in [6.07, 6.45) is 0. The quantitative estimate of drug-likeness (QED) is 0.750. The van der Waals surface area contributed by atoms with Crippen molar-refractivity contribution < 1.29 is 14.8 Å². The van der Waals surface area contributed by atoms with Gasteiger partial charge in [-0.2, -0.15) is 11.8 Å². The fourth-order valence-electron chi connectivity index (χ4n) is 1.48. The monoisotopic (exact) mass is 254 g/mol. The Morgan fingerprint density at radius 1 is 1.35 bits per heavy atom. The molecule has 2 N–H and O–H groups in total. The second kappa shape index (κ2) is 6.94. The SMILES string of the molecule is COc1ccc(B(O)O)cc1CSCC(C)C. The van der Waals surface area contributed by atoms with Crippen LogP contribution in [0.25, 0.3) is 0 Å². The maximum Gasteiger partial charge on any atom is 0.488 e. The molecule has 17 heavy (non-hydrogen) atoms. The van der Waals surface area contributed by atoms with E-state index in [0.717, 1.165) is 22.8 Å². The van der Waals surface area contributed by atoms with Crippen molar-refractivity contribution in [2.45, 2.75) is 19.6 Å². The largest absolute Gasteiger partial charge is 0.496 e. The Labute approximate surface area is 107 Å². The summed E-state index contributed by atoms with van der Waals surface area (Å²) < 4.78 is 5.26. The summed E-state index contributed by atoms with van der Waals surface area (Å²) in [7, 11) is 0.204. The molecule has 0 heterocycles. The highest BCUT2D eigenvalue weighted by molar-refractivity contribution is 7.98. The van der Waals surface area contributed by atoms with Crippen LogP contribution in [0.2, 0.25) is 0 Å². The van der Waals surface area contributed by atoms with Crippen LogP contribution in [-0.4, -0.2) is 30.0 Å². The Kier molecular flexibility index (Phi) is 5.88. The average molecular weight is 254 g/mol. The molecule has 0 aromatic heterocycles. The standard InChI is InChI=1S/C12H19BO3S/c1-9(2)7-17-8-10-6-11(13(14)15)4-5-12(10)16-3/h4-6,9,14-15H,7-8H2,1-3H3. The molecule has 0 radical (unpaired) electrons. The predicted molar refractivity (Wildman–Crippen MR) is 73.8 cm³/mol. The first-order chi connectivity index (χ1) is 8.04. The van der Waals surface area contributed by atoms with Crippen molar-refractivity contribution in [2.24, 2.45) is 5.92 Å². The summed E-state index contributed by atoms with van der Waals surface area (Å²) >= 11 is 1.82. The van der Waals surface area contributed by atoms with Crippen molar-refractivity contribution >= 4 is 24.3 Å². The van der Waals surface area contributed by atoms with Crippen LogP contribution in [0.3, 0.4) is 0 Å². The van der Waals surface area contributed by atoms with Crippen molar-refractivity contribution in [1.29, 1.82) is 0 Å². The van der Waals surface area contributed by atoms with E-state index in [4.69, 9.17) is 14.8 Å². The number of ether oxygens (including phenoxy) is 1. The normalized spacial score (nSPS) is 10.7. The van der Waals surface area contributed by atoms with Gasteiger partial charge in [-0.05, 0) is 23.2 Å². The number of benzene rings is 1. The number of hydrogen-bond acceptors (Lipinski definition) is 4. The first-order valence-corrected chi connectivity index (χ1v) is 6.80. The highest BCUT2D eigenvalue weighted by Gasteiger charge is 2.13. The molecule has 0 saturated carbocycles. The van der Waals surface area contributed by atoms with Gasteiger partial charge in [0.05, 0.1) is 7.11 Å². The molecule has 5 heteroatoms. The molecule has 0 saturated heterocycles. The van der Waals surface area contributed by atoms with Crippen molar-refractivity contribution in [3.63, 3.8) is 0 Å². The lowest BCUT2D eigenvalue weighted by Crippen LogP contribution is -2.30. The van der Waals surface area contributed by atoms with Crippen LogP contribution in [0.5, 0.6) is 5.75 Å². The molecule has 0 fully saturated rings. The highest BCUT2D eigenvalue weighted by atomic mass is 32.2. The van der Waals surface area contributed by atoms with Gasteiger partial charge in [-0.3, -0.25) is 0 Å².